The number of aryl methyl sites for hydroxylation is 1. The van der Waals surface area contributed by atoms with Crippen LogP contribution >= 0.6 is 23.1 Å². The molecule has 1 amide bonds. The molecule has 3 aromatic rings. The first kappa shape index (κ1) is 27.0. The number of carbonyl (C=O) groups excluding carboxylic acids is 1. The van der Waals surface area contributed by atoms with Gasteiger partial charge in [0, 0.05) is 18.9 Å². The van der Waals surface area contributed by atoms with Crippen LogP contribution in [0.15, 0.2) is 45.9 Å². The van der Waals surface area contributed by atoms with Gasteiger partial charge in [-0.1, -0.05) is 42.4 Å². The van der Waals surface area contributed by atoms with Crippen LogP contribution in [0.25, 0.3) is 0 Å². The molecule has 5 rings (SSSR count). The summed E-state index contributed by atoms with van der Waals surface area (Å²) < 4.78 is 16.3. The number of rotatable bonds is 8. The van der Waals surface area contributed by atoms with Gasteiger partial charge in [0.15, 0.2) is 16.6 Å². The van der Waals surface area contributed by atoms with Gasteiger partial charge in [0.05, 0.1) is 15.3 Å². The summed E-state index contributed by atoms with van der Waals surface area (Å²) in [5.74, 6) is 0.305. The summed E-state index contributed by atoms with van der Waals surface area (Å²) >= 11 is 2.65. The zero-order valence-electron chi connectivity index (χ0n) is 22.0. The normalized spacial score (nSPS) is 18.3. The molecular formula is C28H35FN6OS2. The number of nitrogens with zero attached hydrogens (tertiary/aromatic N) is 4. The average molecular weight is 555 g/mol. The smallest absolute Gasteiger partial charge is 0.272 e. The van der Waals surface area contributed by atoms with Crippen molar-refractivity contribution in [2.45, 2.75) is 61.0 Å². The Morgan fingerprint density at radius 1 is 1.16 bits per heavy atom. The van der Waals surface area contributed by atoms with E-state index in [1.807, 2.05) is 19.1 Å². The number of anilines is 2. The number of likely N-dealkylation sites (tertiary alicyclic amines) is 1. The van der Waals surface area contributed by atoms with E-state index in [1.54, 1.807) is 18.5 Å². The monoisotopic (exact) mass is 554 g/mol. The van der Waals surface area contributed by atoms with Gasteiger partial charge in [0.25, 0.3) is 5.91 Å². The maximum absolute atomic E-state index is 15.5. The molecule has 1 saturated heterocycles. The van der Waals surface area contributed by atoms with Crippen molar-refractivity contribution in [2.24, 2.45) is 11.3 Å². The van der Waals surface area contributed by atoms with Gasteiger partial charge in [0.1, 0.15) is 5.82 Å². The minimum absolute atomic E-state index is 0.0869. The third kappa shape index (κ3) is 6.35. The lowest BCUT2D eigenvalue weighted by atomic mass is 9.63. The molecule has 2 fully saturated rings. The minimum Gasteiger partial charge on any atom is -0.350 e. The molecule has 2 N–H and O–H groups in total. The Balaban J connectivity index is 1.25. The van der Waals surface area contributed by atoms with Crippen LogP contribution in [0.3, 0.4) is 0 Å². The summed E-state index contributed by atoms with van der Waals surface area (Å²) in [6, 6.07) is 5.47. The van der Waals surface area contributed by atoms with Crippen molar-refractivity contribution in [3.8, 4) is 0 Å². The fourth-order valence-electron chi connectivity index (χ4n) is 5.70. The first-order chi connectivity index (χ1) is 18.4. The number of aromatic nitrogens is 3. The highest BCUT2D eigenvalue weighted by Crippen LogP contribution is 2.45. The van der Waals surface area contributed by atoms with Gasteiger partial charge in [-0.2, -0.15) is 0 Å². The van der Waals surface area contributed by atoms with Crippen molar-refractivity contribution in [3.05, 3.63) is 53.9 Å². The maximum atomic E-state index is 15.5. The Hall–Kier alpha value is -2.56. The van der Waals surface area contributed by atoms with Crippen molar-refractivity contribution in [2.75, 3.05) is 32.0 Å². The molecule has 0 radical (unpaired) electrons. The molecule has 7 nitrogen and oxygen atoms in total. The van der Waals surface area contributed by atoms with Crippen LogP contribution in [0.4, 0.5) is 15.3 Å². The van der Waals surface area contributed by atoms with Gasteiger partial charge in [-0.05, 0) is 87.8 Å². The zero-order valence-corrected chi connectivity index (χ0v) is 23.6. The lowest BCUT2D eigenvalue weighted by Gasteiger charge is -2.47. The molecular weight excluding hydrogens is 519 g/mol. The van der Waals surface area contributed by atoms with E-state index in [0.29, 0.717) is 28.3 Å². The number of carbonyl (C=O) groups is 1. The van der Waals surface area contributed by atoms with Crippen molar-refractivity contribution >= 4 is 40.0 Å². The summed E-state index contributed by atoms with van der Waals surface area (Å²) in [6.07, 6.45) is 13.4. The Morgan fingerprint density at radius 2 is 1.92 bits per heavy atom. The number of amides is 1. The van der Waals surface area contributed by atoms with Gasteiger partial charge in [-0.15, -0.1) is 0 Å². The first-order valence-electron chi connectivity index (χ1n) is 13.4. The van der Waals surface area contributed by atoms with Crippen molar-refractivity contribution < 1.29 is 9.18 Å². The molecule has 202 valence electrons. The van der Waals surface area contributed by atoms with Crippen LogP contribution in [-0.2, 0) is 0 Å². The topological polar surface area (TPSA) is 83.0 Å². The summed E-state index contributed by atoms with van der Waals surface area (Å²) in [7, 11) is 2.16. The van der Waals surface area contributed by atoms with Gasteiger partial charge >= 0.3 is 0 Å². The maximum Gasteiger partial charge on any atom is 0.272 e. The molecule has 1 aliphatic carbocycles. The molecule has 2 aliphatic rings. The van der Waals surface area contributed by atoms with Gasteiger partial charge in [-0.3, -0.25) is 4.79 Å². The number of hydrogen-bond acceptors (Lipinski definition) is 8. The fourth-order valence-corrected chi connectivity index (χ4v) is 7.57. The number of halogens is 1. The summed E-state index contributed by atoms with van der Waals surface area (Å²) in [6.45, 7) is 4.66. The predicted molar refractivity (Wildman–Crippen MR) is 151 cm³/mol. The number of nitrogens with one attached hydrogen (secondary N) is 2. The van der Waals surface area contributed by atoms with E-state index >= 15 is 4.39 Å². The summed E-state index contributed by atoms with van der Waals surface area (Å²) in [5, 5.41) is 6.95. The SMILES string of the molecule is Cc1ccnc(Nc2ncc(Sc3ccnc(C(=O)NCC4(C5CCCCC5)CCN(C)CC4)c3F)s2)c1. The molecule has 3 aromatic heterocycles. The van der Waals surface area contributed by atoms with E-state index < -0.39 is 11.7 Å². The third-order valence-corrected chi connectivity index (χ3v) is 10.0. The molecule has 0 spiro atoms. The van der Waals surface area contributed by atoms with E-state index in [0.717, 1.165) is 35.7 Å². The Bertz CT molecular complexity index is 1250. The van der Waals surface area contributed by atoms with Crippen LogP contribution in [0.1, 0.15) is 61.0 Å². The van der Waals surface area contributed by atoms with Crippen LogP contribution in [0.2, 0.25) is 0 Å². The second-order valence-electron chi connectivity index (χ2n) is 10.6. The molecule has 38 heavy (non-hydrogen) atoms. The lowest BCUT2D eigenvalue weighted by molar-refractivity contribution is 0.0364. The Kier molecular flexibility index (Phi) is 8.60. The van der Waals surface area contributed by atoms with Crippen molar-refractivity contribution in [3.63, 3.8) is 0 Å². The second kappa shape index (κ2) is 12.1. The predicted octanol–water partition coefficient (Wildman–Crippen LogP) is 6.30. The van der Waals surface area contributed by atoms with Gasteiger partial charge in [-0.25, -0.2) is 19.3 Å². The Morgan fingerprint density at radius 3 is 2.68 bits per heavy atom. The molecule has 1 aliphatic heterocycles. The van der Waals surface area contributed by atoms with E-state index in [2.05, 4.69) is 37.5 Å². The highest BCUT2D eigenvalue weighted by atomic mass is 32.2. The highest BCUT2D eigenvalue weighted by molar-refractivity contribution is 8.01. The van der Waals surface area contributed by atoms with Crippen LogP contribution in [-0.4, -0.2) is 52.4 Å². The van der Waals surface area contributed by atoms with Crippen LogP contribution < -0.4 is 10.6 Å². The highest BCUT2D eigenvalue weighted by Gasteiger charge is 2.41. The second-order valence-corrected chi connectivity index (χ2v) is 13.0. The number of pyridine rings is 2. The lowest BCUT2D eigenvalue weighted by Crippen LogP contribution is -2.49. The third-order valence-electron chi connectivity index (χ3n) is 7.97. The van der Waals surface area contributed by atoms with E-state index in [4.69, 9.17) is 0 Å². The van der Waals surface area contributed by atoms with Crippen molar-refractivity contribution in [1.29, 1.82) is 0 Å². The quantitative estimate of drug-likeness (QED) is 0.338. The molecule has 10 heteroatoms. The number of hydrogen-bond donors (Lipinski definition) is 2. The molecule has 0 unspecified atom stereocenters. The number of thiazole rings is 1. The standard InChI is InChI=1S/C28H35FN6OS2/c1-19-8-12-30-22(16-19)34-27-32-17-23(38-27)37-21-9-13-31-25(24(21)29)26(36)33-18-28(10-14-35(2)15-11-28)20-6-4-3-5-7-20/h8-9,12-13,16-17,20H,3-7,10-11,14-15,18H2,1-2H3,(H,33,36)(H,30,32,34). The van der Waals surface area contributed by atoms with Crippen LogP contribution in [0, 0.1) is 24.1 Å². The molecule has 0 bridgehead atoms. The largest absolute Gasteiger partial charge is 0.350 e. The van der Waals surface area contributed by atoms with Crippen LogP contribution in [0.5, 0.6) is 0 Å². The van der Waals surface area contributed by atoms with Gasteiger partial charge < -0.3 is 15.5 Å². The molecule has 4 heterocycles. The fraction of sp³-hybridized carbons (Fsp3) is 0.500. The zero-order chi connectivity index (χ0) is 26.5. The average Bonchev–Trinajstić information content (AvgIpc) is 3.36. The van der Waals surface area contributed by atoms with Crippen molar-refractivity contribution in [1.82, 2.24) is 25.2 Å². The Labute approximate surface area is 232 Å². The van der Waals surface area contributed by atoms with E-state index in [9.17, 15) is 4.79 Å². The molecule has 0 atom stereocenters. The molecule has 0 aromatic carbocycles. The summed E-state index contributed by atoms with van der Waals surface area (Å²) in [4.78, 5) is 28.7. The van der Waals surface area contributed by atoms with E-state index in [-0.39, 0.29) is 11.1 Å². The number of piperidine rings is 1. The van der Waals surface area contributed by atoms with E-state index in [1.165, 1.54) is 61.4 Å². The molecule has 1 saturated carbocycles. The minimum atomic E-state index is -0.589. The van der Waals surface area contributed by atoms with Gasteiger partial charge in [0.2, 0.25) is 0 Å². The first-order valence-corrected chi connectivity index (χ1v) is 15.0. The summed E-state index contributed by atoms with van der Waals surface area (Å²) in [5.41, 5.74) is 1.04.